The largest absolute Gasteiger partial charge is 0.391 e. The molecule has 1 amide bonds. The highest BCUT2D eigenvalue weighted by atomic mass is 16.5. The number of rotatable bonds is 1. The highest BCUT2D eigenvalue weighted by Gasteiger charge is 2.27. The summed E-state index contributed by atoms with van der Waals surface area (Å²) < 4.78 is 4.97. The quantitative estimate of drug-likeness (QED) is 0.769. The second-order valence-electron chi connectivity index (χ2n) is 4.25. The molecule has 0 spiro atoms. The molecule has 0 aromatic carbocycles. The van der Waals surface area contributed by atoms with E-state index < -0.39 is 6.10 Å². The molecule has 2 rings (SSSR count). The average molecular weight is 224 g/mol. The van der Waals surface area contributed by atoms with Crippen LogP contribution in [0.25, 0.3) is 0 Å². The van der Waals surface area contributed by atoms with Crippen LogP contribution in [0.2, 0.25) is 0 Å². The van der Waals surface area contributed by atoms with Gasteiger partial charge in [-0.3, -0.25) is 4.79 Å². The van der Waals surface area contributed by atoms with Gasteiger partial charge in [0.2, 0.25) is 0 Å². The number of nitrogens with zero attached hydrogens (tertiary/aromatic N) is 2. The Morgan fingerprint density at radius 3 is 2.88 bits per heavy atom. The summed E-state index contributed by atoms with van der Waals surface area (Å²) in [6, 6.07) is 0. The zero-order valence-electron chi connectivity index (χ0n) is 9.56. The molecule has 2 heterocycles. The van der Waals surface area contributed by atoms with E-state index in [2.05, 4.69) is 5.16 Å². The van der Waals surface area contributed by atoms with Crippen LogP contribution < -0.4 is 0 Å². The van der Waals surface area contributed by atoms with Crippen LogP contribution >= 0.6 is 0 Å². The van der Waals surface area contributed by atoms with Crippen molar-refractivity contribution in [2.45, 2.75) is 32.8 Å². The third kappa shape index (κ3) is 1.95. The molecule has 0 bridgehead atoms. The van der Waals surface area contributed by atoms with Crippen LogP contribution in [0, 0.1) is 13.8 Å². The summed E-state index contributed by atoms with van der Waals surface area (Å²) in [7, 11) is 0. The number of hydrogen-bond acceptors (Lipinski definition) is 4. The van der Waals surface area contributed by atoms with Crippen LogP contribution in [0.5, 0.6) is 0 Å². The van der Waals surface area contributed by atoms with Crippen molar-refractivity contribution >= 4 is 5.91 Å². The number of aliphatic hydroxyl groups excluding tert-OH is 1. The Bertz CT molecular complexity index is 380. The van der Waals surface area contributed by atoms with Crippen molar-refractivity contribution in [1.82, 2.24) is 10.1 Å². The lowest BCUT2D eigenvalue weighted by Gasteiger charge is -2.29. The maximum atomic E-state index is 12.2. The summed E-state index contributed by atoms with van der Waals surface area (Å²) in [4.78, 5) is 13.8. The van der Waals surface area contributed by atoms with E-state index >= 15 is 0 Å². The van der Waals surface area contributed by atoms with Crippen molar-refractivity contribution in [2.24, 2.45) is 0 Å². The first-order valence-corrected chi connectivity index (χ1v) is 5.50. The van der Waals surface area contributed by atoms with Gasteiger partial charge in [-0.05, 0) is 26.7 Å². The molecular formula is C11H16N2O3. The number of hydrogen-bond donors (Lipinski definition) is 1. The smallest absolute Gasteiger partial charge is 0.259 e. The summed E-state index contributed by atoms with van der Waals surface area (Å²) in [5.74, 6) is 0.456. The van der Waals surface area contributed by atoms with Crippen molar-refractivity contribution < 1.29 is 14.4 Å². The Hall–Kier alpha value is -1.36. The molecular weight excluding hydrogens is 208 g/mol. The SMILES string of the molecule is Cc1noc(C)c1C(=O)N1CCCC(O)C1. The number of aromatic nitrogens is 1. The van der Waals surface area contributed by atoms with Crippen molar-refractivity contribution in [1.29, 1.82) is 0 Å². The minimum atomic E-state index is -0.404. The molecule has 1 N–H and O–H groups in total. The van der Waals surface area contributed by atoms with Gasteiger partial charge in [-0.1, -0.05) is 5.16 Å². The fraction of sp³-hybridized carbons (Fsp3) is 0.636. The molecule has 1 unspecified atom stereocenters. The first-order valence-electron chi connectivity index (χ1n) is 5.50. The van der Waals surface area contributed by atoms with Crippen LogP contribution in [0.15, 0.2) is 4.52 Å². The Labute approximate surface area is 94.0 Å². The van der Waals surface area contributed by atoms with Crippen molar-refractivity contribution in [3.8, 4) is 0 Å². The monoisotopic (exact) mass is 224 g/mol. The molecule has 5 nitrogen and oxygen atoms in total. The lowest BCUT2D eigenvalue weighted by molar-refractivity contribution is 0.0471. The number of β-amino-alcohol motifs (C(OH)–C–C–N with tert-alkyl or cyclic N) is 1. The fourth-order valence-corrected chi connectivity index (χ4v) is 2.09. The van der Waals surface area contributed by atoms with Crippen molar-refractivity contribution in [3.05, 3.63) is 17.0 Å². The van der Waals surface area contributed by atoms with Crippen LogP contribution in [0.4, 0.5) is 0 Å². The molecule has 1 fully saturated rings. The summed E-state index contributed by atoms with van der Waals surface area (Å²) in [6.45, 7) is 4.58. The normalized spacial score (nSPS) is 21.2. The Morgan fingerprint density at radius 1 is 1.56 bits per heavy atom. The summed E-state index contributed by atoms with van der Waals surface area (Å²) in [5.41, 5.74) is 1.15. The van der Waals surface area contributed by atoms with Crippen molar-refractivity contribution in [2.75, 3.05) is 13.1 Å². The third-order valence-corrected chi connectivity index (χ3v) is 2.93. The van der Waals surface area contributed by atoms with Gasteiger partial charge in [0.1, 0.15) is 11.3 Å². The molecule has 1 aromatic heterocycles. The predicted molar refractivity (Wildman–Crippen MR) is 57.1 cm³/mol. The summed E-state index contributed by atoms with van der Waals surface area (Å²) >= 11 is 0. The van der Waals surface area contributed by atoms with E-state index in [4.69, 9.17) is 4.52 Å². The standard InChI is InChI=1S/C11H16N2O3/c1-7-10(8(2)16-12-7)11(15)13-5-3-4-9(14)6-13/h9,14H,3-6H2,1-2H3. The van der Waals surface area contributed by atoms with Gasteiger partial charge >= 0.3 is 0 Å². The second-order valence-corrected chi connectivity index (χ2v) is 4.25. The molecule has 1 saturated heterocycles. The molecule has 1 aliphatic heterocycles. The van der Waals surface area contributed by atoms with Gasteiger partial charge in [-0.15, -0.1) is 0 Å². The number of carbonyl (C=O) groups excluding carboxylic acids is 1. The van der Waals surface area contributed by atoms with Crippen LogP contribution in [0.1, 0.15) is 34.7 Å². The van der Waals surface area contributed by atoms with Gasteiger partial charge < -0.3 is 14.5 Å². The maximum Gasteiger partial charge on any atom is 0.259 e. The van der Waals surface area contributed by atoms with Gasteiger partial charge in [-0.25, -0.2) is 0 Å². The molecule has 1 aromatic rings. The summed E-state index contributed by atoms with van der Waals surface area (Å²) in [6.07, 6.45) is 1.21. The number of aliphatic hydroxyl groups is 1. The molecule has 0 saturated carbocycles. The lowest BCUT2D eigenvalue weighted by Crippen LogP contribution is -2.42. The molecule has 0 radical (unpaired) electrons. The lowest BCUT2D eigenvalue weighted by atomic mass is 10.1. The molecule has 0 aliphatic carbocycles. The maximum absolute atomic E-state index is 12.2. The van der Waals surface area contributed by atoms with Crippen LogP contribution in [-0.4, -0.2) is 40.3 Å². The number of aryl methyl sites for hydroxylation is 2. The molecule has 88 valence electrons. The fourth-order valence-electron chi connectivity index (χ4n) is 2.09. The van der Waals surface area contributed by atoms with Gasteiger partial charge in [0.15, 0.2) is 0 Å². The van der Waals surface area contributed by atoms with Crippen molar-refractivity contribution in [3.63, 3.8) is 0 Å². The molecule has 5 heteroatoms. The first kappa shape index (κ1) is 11.1. The van der Waals surface area contributed by atoms with Gasteiger partial charge in [0.25, 0.3) is 5.91 Å². The topological polar surface area (TPSA) is 66.6 Å². The predicted octanol–water partition coefficient (Wildman–Crippen LogP) is 0.888. The number of amides is 1. The summed E-state index contributed by atoms with van der Waals surface area (Å²) in [5, 5.41) is 13.3. The number of likely N-dealkylation sites (tertiary alicyclic amines) is 1. The van der Waals surface area contributed by atoms with E-state index in [9.17, 15) is 9.90 Å². The Kier molecular flexibility index (Phi) is 2.96. The third-order valence-electron chi connectivity index (χ3n) is 2.93. The highest BCUT2D eigenvalue weighted by Crippen LogP contribution is 2.18. The van der Waals surface area contributed by atoms with E-state index in [1.54, 1.807) is 18.7 Å². The number of piperidine rings is 1. The van der Waals surface area contributed by atoms with Gasteiger partial charge in [0, 0.05) is 13.1 Å². The van der Waals surface area contributed by atoms with E-state index in [-0.39, 0.29) is 5.91 Å². The minimum absolute atomic E-state index is 0.0880. The zero-order valence-corrected chi connectivity index (χ0v) is 9.56. The Morgan fingerprint density at radius 2 is 2.31 bits per heavy atom. The van der Waals surface area contributed by atoms with Gasteiger partial charge in [-0.2, -0.15) is 0 Å². The van der Waals surface area contributed by atoms with Crippen LogP contribution in [-0.2, 0) is 0 Å². The molecule has 16 heavy (non-hydrogen) atoms. The van der Waals surface area contributed by atoms with E-state index in [0.717, 1.165) is 12.8 Å². The molecule has 1 atom stereocenters. The average Bonchev–Trinajstić information content (AvgIpc) is 2.58. The second kappa shape index (κ2) is 4.25. The number of carbonyl (C=O) groups is 1. The van der Waals surface area contributed by atoms with Crippen LogP contribution in [0.3, 0.4) is 0 Å². The van der Waals surface area contributed by atoms with E-state index in [1.165, 1.54) is 0 Å². The van der Waals surface area contributed by atoms with E-state index in [1.807, 2.05) is 0 Å². The molecule has 1 aliphatic rings. The van der Waals surface area contributed by atoms with Gasteiger partial charge in [0.05, 0.1) is 11.8 Å². The van der Waals surface area contributed by atoms with E-state index in [0.29, 0.717) is 30.1 Å². The first-order chi connectivity index (χ1) is 7.59. The minimum Gasteiger partial charge on any atom is -0.391 e. The Balaban J connectivity index is 2.18. The highest BCUT2D eigenvalue weighted by molar-refractivity contribution is 5.96. The zero-order chi connectivity index (χ0) is 11.7.